The predicted molar refractivity (Wildman–Crippen MR) is 82.3 cm³/mol. The van der Waals surface area contributed by atoms with Crippen LogP contribution in [0.1, 0.15) is 12.8 Å². The minimum Gasteiger partial charge on any atom is -0.497 e. The summed E-state index contributed by atoms with van der Waals surface area (Å²) >= 11 is 0. The molecule has 0 radical (unpaired) electrons. The zero-order chi connectivity index (χ0) is 15.8. The minimum absolute atomic E-state index is 0.0146. The van der Waals surface area contributed by atoms with E-state index < -0.39 is 5.91 Å². The van der Waals surface area contributed by atoms with E-state index in [9.17, 15) is 4.79 Å². The van der Waals surface area contributed by atoms with E-state index in [4.69, 9.17) is 14.7 Å². The lowest BCUT2D eigenvalue weighted by atomic mass is 10.2. The van der Waals surface area contributed by atoms with Gasteiger partial charge in [-0.05, 0) is 25.0 Å². The zero-order valence-electron chi connectivity index (χ0n) is 12.5. The van der Waals surface area contributed by atoms with Crippen molar-refractivity contribution in [2.45, 2.75) is 18.9 Å². The number of methoxy groups -OCH3 is 1. The Bertz CT molecular complexity index is 587. The fourth-order valence-corrected chi connectivity index (χ4v) is 2.12. The number of nitrogens with one attached hydrogen (secondary N) is 2. The van der Waals surface area contributed by atoms with Crippen LogP contribution in [0, 0.1) is 11.3 Å². The van der Waals surface area contributed by atoms with Gasteiger partial charge >= 0.3 is 0 Å². The van der Waals surface area contributed by atoms with Crippen molar-refractivity contribution in [1.82, 2.24) is 5.32 Å². The molecule has 1 aliphatic heterocycles. The Morgan fingerprint density at radius 3 is 3.14 bits per heavy atom. The number of hydrogen-bond acceptors (Lipinski definition) is 5. The molecule has 1 unspecified atom stereocenters. The largest absolute Gasteiger partial charge is 0.497 e. The molecule has 22 heavy (non-hydrogen) atoms. The van der Waals surface area contributed by atoms with Gasteiger partial charge in [-0.2, -0.15) is 5.26 Å². The Morgan fingerprint density at radius 1 is 1.59 bits per heavy atom. The molecule has 1 aliphatic rings. The normalized spacial score (nSPS) is 17.6. The summed E-state index contributed by atoms with van der Waals surface area (Å²) in [6.45, 7) is 1.16. The van der Waals surface area contributed by atoms with Gasteiger partial charge in [0.15, 0.2) is 0 Å². The Labute approximate surface area is 129 Å². The number of nitrogens with zero attached hydrogens (tertiary/aromatic N) is 1. The molecule has 6 heteroatoms. The van der Waals surface area contributed by atoms with E-state index in [1.54, 1.807) is 13.2 Å². The lowest BCUT2D eigenvalue weighted by molar-refractivity contribution is -0.117. The van der Waals surface area contributed by atoms with E-state index in [2.05, 4.69) is 10.6 Å². The molecule has 0 bridgehead atoms. The molecular weight excluding hydrogens is 282 g/mol. The second-order valence-electron chi connectivity index (χ2n) is 4.89. The fraction of sp³-hybridized carbons (Fsp3) is 0.375. The van der Waals surface area contributed by atoms with Crippen LogP contribution in [0.15, 0.2) is 36.0 Å². The quantitative estimate of drug-likeness (QED) is 0.618. The molecule has 0 aliphatic carbocycles. The topological polar surface area (TPSA) is 83.4 Å². The highest BCUT2D eigenvalue weighted by Gasteiger charge is 2.17. The molecule has 1 fully saturated rings. The number of carbonyl (C=O) groups is 1. The summed E-state index contributed by atoms with van der Waals surface area (Å²) in [5, 5.41) is 14.7. The second kappa shape index (κ2) is 8.05. The molecule has 2 rings (SSSR count). The maximum absolute atomic E-state index is 12.0. The van der Waals surface area contributed by atoms with Crippen molar-refractivity contribution in [3.63, 3.8) is 0 Å². The van der Waals surface area contributed by atoms with E-state index in [0.29, 0.717) is 12.3 Å². The van der Waals surface area contributed by atoms with Crippen LogP contribution in [0.25, 0.3) is 0 Å². The highest BCUT2D eigenvalue weighted by atomic mass is 16.5. The van der Waals surface area contributed by atoms with Crippen LogP contribution in [0.2, 0.25) is 0 Å². The number of ether oxygens (including phenoxy) is 2. The summed E-state index contributed by atoms with van der Waals surface area (Å²) in [5.74, 6) is 0.285. The average molecular weight is 301 g/mol. The van der Waals surface area contributed by atoms with E-state index in [1.165, 1.54) is 6.20 Å². The third-order valence-electron chi connectivity index (χ3n) is 3.33. The van der Waals surface area contributed by atoms with Crippen LogP contribution in [0.3, 0.4) is 0 Å². The third-order valence-corrected chi connectivity index (χ3v) is 3.33. The van der Waals surface area contributed by atoms with Gasteiger partial charge in [0.1, 0.15) is 17.4 Å². The van der Waals surface area contributed by atoms with Gasteiger partial charge in [-0.3, -0.25) is 4.79 Å². The van der Waals surface area contributed by atoms with E-state index in [0.717, 1.165) is 25.1 Å². The van der Waals surface area contributed by atoms with Crippen molar-refractivity contribution in [2.24, 2.45) is 0 Å². The Morgan fingerprint density at radius 2 is 2.45 bits per heavy atom. The molecule has 116 valence electrons. The first-order chi connectivity index (χ1) is 10.7. The van der Waals surface area contributed by atoms with Crippen LogP contribution in [0.4, 0.5) is 5.69 Å². The monoisotopic (exact) mass is 301 g/mol. The van der Waals surface area contributed by atoms with Gasteiger partial charge in [-0.15, -0.1) is 0 Å². The molecule has 6 nitrogen and oxygen atoms in total. The molecule has 1 heterocycles. The Kier molecular flexibility index (Phi) is 5.81. The molecule has 1 amide bonds. The first-order valence-electron chi connectivity index (χ1n) is 7.13. The smallest absolute Gasteiger partial charge is 0.263 e. The number of anilines is 1. The van der Waals surface area contributed by atoms with Gasteiger partial charge in [0.2, 0.25) is 0 Å². The molecule has 1 aromatic rings. The van der Waals surface area contributed by atoms with E-state index in [-0.39, 0.29) is 11.7 Å². The molecule has 0 saturated carbocycles. The second-order valence-corrected chi connectivity index (χ2v) is 4.89. The van der Waals surface area contributed by atoms with Crippen molar-refractivity contribution in [2.75, 3.05) is 25.6 Å². The standard InChI is InChI=1S/C16H19N3O3/c1-21-14-5-2-4-13(8-14)18-10-12(9-17)16(20)19-11-15-6-3-7-22-15/h2,4-5,8,10,15,18H,3,6-7,11H2,1H3,(H,19,20)/b12-10-. The van der Waals surface area contributed by atoms with Crippen molar-refractivity contribution < 1.29 is 14.3 Å². The lowest BCUT2D eigenvalue weighted by Crippen LogP contribution is -2.32. The van der Waals surface area contributed by atoms with Gasteiger partial charge in [0, 0.05) is 31.1 Å². The zero-order valence-corrected chi connectivity index (χ0v) is 12.5. The van der Waals surface area contributed by atoms with Gasteiger partial charge in [0.25, 0.3) is 5.91 Å². The van der Waals surface area contributed by atoms with Crippen LogP contribution in [-0.4, -0.2) is 32.3 Å². The number of rotatable bonds is 6. The van der Waals surface area contributed by atoms with Gasteiger partial charge in [-0.25, -0.2) is 0 Å². The molecule has 1 aromatic carbocycles. The van der Waals surface area contributed by atoms with Gasteiger partial charge < -0.3 is 20.1 Å². The summed E-state index contributed by atoms with van der Waals surface area (Å²) in [4.78, 5) is 12.0. The van der Waals surface area contributed by atoms with Gasteiger partial charge in [0.05, 0.1) is 13.2 Å². The molecule has 2 N–H and O–H groups in total. The number of hydrogen-bond donors (Lipinski definition) is 2. The highest BCUT2D eigenvalue weighted by molar-refractivity contribution is 5.97. The van der Waals surface area contributed by atoms with Crippen molar-refractivity contribution >= 4 is 11.6 Å². The van der Waals surface area contributed by atoms with Crippen LogP contribution >= 0.6 is 0 Å². The minimum atomic E-state index is -0.409. The molecular formula is C16H19N3O3. The molecule has 0 spiro atoms. The lowest BCUT2D eigenvalue weighted by Gasteiger charge is -2.10. The van der Waals surface area contributed by atoms with Crippen molar-refractivity contribution in [3.05, 3.63) is 36.0 Å². The van der Waals surface area contributed by atoms with Crippen LogP contribution < -0.4 is 15.4 Å². The summed E-state index contributed by atoms with van der Waals surface area (Å²) in [6, 6.07) is 9.11. The number of nitriles is 1. The SMILES string of the molecule is COc1cccc(N/C=C(/C#N)C(=O)NCC2CCCO2)c1. The maximum Gasteiger partial charge on any atom is 0.263 e. The fourth-order valence-electron chi connectivity index (χ4n) is 2.12. The van der Waals surface area contributed by atoms with E-state index >= 15 is 0 Å². The maximum atomic E-state index is 12.0. The molecule has 1 atom stereocenters. The summed E-state index contributed by atoms with van der Waals surface area (Å²) in [6.07, 6.45) is 3.39. The number of benzene rings is 1. The highest BCUT2D eigenvalue weighted by Crippen LogP contribution is 2.17. The number of carbonyl (C=O) groups excluding carboxylic acids is 1. The first-order valence-corrected chi connectivity index (χ1v) is 7.13. The van der Waals surface area contributed by atoms with Crippen molar-refractivity contribution in [3.8, 4) is 11.8 Å². The van der Waals surface area contributed by atoms with Gasteiger partial charge in [-0.1, -0.05) is 6.07 Å². The molecule has 1 saturated heterocycles. The Balaban J connectivity index is 1.91. The Hall–Kier alpha value is -2.52. The predicted octanol–water partition coefficient (Wildman–Crippen LogP) is 1.81. The summed E-state index contributed by atoms with van der Waals surface area (Å²) < 4.78 is 10.5. The average Bonchev–Trinajstić information content (AvgIpc) is 3.07. The molecule has 0 aromatic heterocycles. The van der Waals surface area contributed by atoms with Crippen molar-refractivity contribution in [1.29, 1.82) is 5.26 Å². The summed E-state index contributed by atoms with van der Waals surface area (Å²) in [5.41, 5.74) is 0.750. The number of amides is 1. The van der Waals surface area contributed by atoms with E-state index in [1.807, 2.05) is 24.3 Å². The van der Waals surface area contributed by atoms with Crippen LogP contribution in [-0.2, 0) is 9.53 Å². The third kappa shape index (κ3) is 4.50. The van der Waals surface area contributed by atoms with Crippen LogP contribution in [0.5, 0.6) is 5.75 Å². The first kappa shape index (κ1) is 15.9. The summed E-state index contributed by atoms with van der Waals surface area (Å²) in [7, 11) is 1.58.